The number of ether oxygens (including phenoxy) is 1. The highest BCUT2D eigenvalue weighted by molar-refractivity contribution is 9.10. The van der Waals surface area contributed by atoms with E-state index in [2.05, 4.69) is 15.9 Å². The molecule has 88 valence electrons. The van der Waals surface area contributed by atoms with Crippen molar-refractivity contribution < 1.29 is 9.66 Å². The first-order valence-corrected chi connectivity index (χ1v) is 5.58. The van der Waals surface area contributed by atoms with Gasteiger partial charge >= 0.3 is 0 Å². The Morgan fingerprint density at radius 3 is 2.69 bits per heavy atom. The number of rotatable bonds is 4. The molecule has 0 unspecified atom stereocenters. The molecule has 2 N–H and O–H groups in total. The summed E-state index contributed by atoms with van der Waals surface area (Å²) >= 11 is 3.25. The van der Waals surface area contributed by atoms with Gasteiger partial charge in [-0.3, -0.25) is 10.1 Å². The quantitative estimate of drug-likeness (QED) is 0.525. The number of hydrogen-bond acceptors (Lipinski definition) is 4. The predicted octanol–water partition coefficient (Wildman–Crippen LogP) is 2.97. The van der Waals surface area contributed by atoms with Gasteiger partial charge in [0.25, 0.3) is 5.69 Å². The van der Waals surface area contributed by atoms with Crippen LogP contribution in [0.25, 0.3) is 0 Å². The van der Waals surface area contributed by atoms with Crippen LogP contribution in [0.5, 0.6) is 5.75 Å². The highest BCUT2D eigenvalue weighted by atomic mass is 79.9. The van der Waals surface area contributed by atoms with E-state index in [1.807, 2.05) is 13.8 Å². The van der Waals surface area contributed by atoms with Crippen molar-refractivity contribution in [3.8, 4) is 5.75 Å². The topological polar surface area (TPSA) is 78.4 Å². The summed E-state index contributed by atoms with van der Waals surface area (Å²) in [5, 5.41) is 10.7. The highest BCUT2D eigenvalue weighted by Crippen LogP contribution is 2.38. The lowest BCUT2D eigenvalue weighted by Gasteiger charge is -2.12. The van der Waals surface area contributed by atoms with Crippen LogP contribution in [-0.4, -0.2) is 11.5 Å². The third kappa shape index (κ3) is 2.85. The molecule has 0 aliphatic rings. The lowest BCUT2D eigenvalue weighted by Crippen LogP contribution is -2.07. The maximum Gasteiger partial charge on any atom is 0.296 e. The molecule has 1 rings (SSSR count). The average Bonchev–Trinajstić information content (AvgIpc) is 2.16. The molecule has 0 amide bonds. The van der Waals surface area contributed by atoms with E-state index in [1.54, 1.807) is 6.07 Å². The molecule has 0 saturated carbocycles. The van der Waals surface area contributed by atoms with Crippen LogP contribution in [0.4, 0.5) is 11.4 Å². The van der Waals surface area contributed by atoms with E-state index in [0.29, 0.717) is 22.7 Å². The Morgan fingerprint density at radius 2 is 2.19 bits per heavy atom. The van der Waals surface area contributed by atoms with Crippen molar-refractivity contribution in [2.75, 3.05) is 12.3 Å². The van der Waals surface area contributed by atoms with E-state index < -0.39 is 4.92 Å². The van der Waals surface area contributed by atoms with E-state index in [9.17, 15) is 10.1 Å². The van der Waals surface area contributed by atoms with Gasteiger partial charge in [-0.15, -0.1) is 0 Å². The molecule has 16 heavy (non-hydrogen) atoms. The Balaban J connectivity index is 3.06. The van der Waals surface area contributed by atoms with E-state index in [4.69, 9.17) is 10.5 Å². The fraction of sp³-hybridized carbons (Fsp3) is 0.400. The number of halogens is 1. The van der Waals surface area contributed by atoms with Gasteiger partial charge in [-0.1, -0.05) is 13.8 Å². The summed E-state index contributed by atoms with van der Waals surface area (Å²) in [5.41, 5.74) is 5.59. The fourth-order valence-corrected chi connectivity index (χ4v) is 1.58. The monoisotopic (exact) mass is 288 g/mol. The normalized spacial score (nSPS) is 10.5. The first-order valence-electron chi connectivity index (χ1n) is 4.78. The zero-order valence-corrected chi connectivity index (χ0v) is 10.7. The Hall–Kier alpha value is -1.30. The van der Waals surface area contributed by atoms with E-state index >= 15 is 0 Å². The second-order valence-corrected chi connectivity index (χ2v) is 4.63. The average molecular weight is 289 g/mol. The molecule has 0 aliphatic heterocycles. The highest BCUT2D eigenvalue weighted by Gasteiger charge is 2.18. The van der Waals surface area contributed by atoms with Gasteiger partial charge < -0.3 is 10.5 Å². The standard InChI is InChI=1S/C10H13BrN2O3/c1-6(2)5-16-10-7(11)3-4-8(9(10)12)13(14)15/h3-4,6H,5,12H2,1-2H3. The molecule has 0 atom stereocenters. The maximum atomic E-state index is 10.7. The first-order chi connectivity index (χ1) is 7.43. The first kappa shape index (κ1) is 12.8. The molecule has 0 fully saturated rings. The number of nitro groups is 1. The SMILES string of the molecule is CC(C)COc1c(Br)ccc([N+](=O)[O-])c1N. The molecule has 0 heterocycles. The van der Waals surface area contributed by atoms with Gasteiger partial charge in [0.05, 0.1) is 16.0 Å². The van der Waals surface area contributed by atoms with Crippen LogP contribution in [0.3, 0.4) is 0 Å². The van der Waals surface area contributed by atoms with Gasteiger partial charge in [0.1, 0.15) is 0 Å². The van der Waals surface area contributed by atoms with Crippen molar-refractivity contribution in [3.05, 3.63) is 26.7 Å². The largest absolute Gasteiger partial charge is 0.490 e. The van der Waals surface area contributed by atoms with Crippen LogP contribution < -0.4 is 10.5 Å². The van der Waals surface area contributed by atoms with E-state index in [0.717, 1.165) is 0 Å². The number of benzene rings is 1. The maximum absolute atomic E-state index is 10.7. The number of nitrogens with two attached hydrogens (primary N) is 1. The summed E-state index contributed by atoms with van der Waals surface area (Å²) in [6, 6.07) is 2.91. The predicted molar refractivity (Wildman–Crippen MR) is 65.5 cm³/mol. The lowest BCUT2D eigenvalue weighted by molar-refractivity contribution is -0.384. The zero-order valence-electron chi connectivity index (χ0n) is 9.07. The Labute approximate surface area is 102 Å². The number of hydrogen-bond donors (Lipinski definition) is 1. The molecule has 0 aromatic heterocycles. The van der Waals surface area contributed by atoms with Crippen molar-refractivity contribution in [2.45, 2.75) is 13.8 Å². The van der Waals surface area contributed by atoms with Crippen LogP contribution >= 0.6 is 15.9 Å². The van der Waals surface area contributed by atoms with Crippen LogP contribution in [0.15, 0.2) is 16.6 Å². The van der Waals surface area contributed by atoms with Crippen LogP contribution in [0, 0.1) is 16.0 Å². The Kier molecular flexibility index (Phi) is 4.12. The van der Waals surface area contributed by atoms with Gasteiger partial charge in [0, 0.05) is 6.07 Å². The summed E-state index contributed by atoms with van der Waals surface area (Å²) in [6.07, 6.45) is 0. The minimum atomic E-state index is -0.524. The van der Waals surface area contributed by atoms with Gasteiger partial charge in [0.15, 0.2) is 11.4 Å². The molecule has 0 radical (unpaired) electrons. The third-order valence-electron chi connectivity index (χ3n) is 1.88. The Bertz CT molecular complexity index is 407. The van der Waals surface area contributed by atoms with E-state index in [-0.39, 0.29) is 11.4 Å². The Morgan fingerprint density at radius 1 is 1.56 bits per heavy atom. The number of nitrogen functional groups attached to an aromatic ring is 1. The molecule has 0 aliphatic carbocycles. The molecule has 0 spiro atoms. The van der Waals surface area contributed by atoms with Gasteiger partial charge in [-0.05, 0) is 27.9 Å². The smallest absolute Gasteiger partial charge is 0.296 e. The molecule has 1 aromatic rings. The summed E-state index contributed by atoms with van der Waals surface area (Å²) in [7, 11) is 0. The molecular formula is C10H13BrN2O3. The second-order valence-electron chi connectivity index (χ2n) is 3.77. The minimum absolute atomic E-state index is 0.0556. The second kappa shape index (κ2) is 5.16. The summed E-state index contributed by atoms with van der Waals surface area (Å²) in [4.78, 5) is 10.2. The van der Waals surface area contributed by atoms with Gasteiger partial charge in [-0.25, -0.2) is 0 Å². The van der Waals surface area contributed by atoms with Crippen molar-refractivity contribution >= 4 is 27.3 Å². The summed E-state index contributed by atoms with van der Waals surface area (Å²) < 4.78 is 6.07. The fourth-order valence-electron chi connectivity index (χ4n) is 1.12. The van der Waals surface area contributed by atoms with Crippen LogP contribution in [0.2, 0.25) is 0 Å². The number of anilines is 1. The van der Waals surface area contributed by atoms with Crippen LogP contribution in [0.1, 0.15) is 13.8 Å². The number of nitrogens with zero attached hydrogens (tertiary/aromatic N) is 1. The van der Waals surface area contributed by atoms with Gasteiger partial charge in [0.2, 0.25) is 0 Å². The third-order valence-corrected chi connectivity index (χ3v) is 2.51. The van der Waals surface area contributed by atoms with Crippen molar-refractivity contribution in [1.82, 2.24) is 0 Å². The zero-order chi connectivity index (χ0) is 12.3. The molecular weight excluding hydrogens is 276 g/mol. The molecule has 1 aromatic carbocycles. The molecule has 5 nitrogen and oxygen atoms in total. The molecule has 6 heteroatoms. The van der Waals surface area contributed by atoms with Crippen LogP contribution in [-0.2, 0) is 0 Å². The van der Waals surface area contributed by atoms with Crippen molar-refractivity contribution in [1.29, 1.82) is 0 Å². The van der Waals surface area contributed by atoms with Gasteiger partial charge in [-0.2, -0.15) is 0 Å². The lowest BCUT2D eigenvalue weighted by atomic mass is 10.2. The molecule has 0 bridgehead atoms. The minimum Gasteiger partial charge on any atom is -0.490 e. The molecule has 0 saturated heterocycles. The summed E-state index contributed by atoms with van der Waals surface area (Å²) in [6.45, 7) is 4.44. The van der Waals surface area contributed by atoms with Crippen molar-refractivity contribution in [2.24, 2.45) is 5.92 Å². The van der Waals surface area contributed by atoms with E-state index in [1.165, 1.54) is 6.07 Å². The van der Waals surface area contributed by atoms with Crippen molar-refractivity contribution in [3.63, 3.8) is 0 Å². The summed E-state index contributed by atoms with van der Waals surface area (Å²) in [5.74, 6) is 0.661. The number of nitro benzene ring substituents is 1.